The molecular formula is C24H28N2O2. The molecule has 1 fully saturated rings. The highest BCUT2D eigenvalue weighted by atomic mass is 16.3. The van der Waals surface area contributed by atoms with Crippen LogP contribution in [0.2, 0.25) is 0 Å². The molecule has 1 aliphatic carbocycles. The Morgan fingerprint density at radius 1 is 1.07 bits per heavy atom. The van der Waals surface area contributed by atoms with Crippen molar-refractivity contribution in [3.05, 3.63) is 65.4 Å². The highest BCUT2D eigenvalue weighted by Crippen LogP contribution is 2.27. The standard InChI is InChI=1S/C24H28N2O2/c1-17-20-13-7-9-15-22(20)28-23(17)24(27)25-21-14-8-6-10-18(21)16-26(2)19-11-4-3-5-12-19/h6-10,13-15,19H,3-5,11-12,16H2,1-2H3,(H,25,27). The monoisotopic (exact) mass is 376 g/mol. The van der Waals surface area contributed by atoms with Crippen molar-refractivity contribution in [1.82, 2.24) is 4.90 Å². The number of carbonyl (C=O) groups excluding carboxylic acids is 1. The van der Waals surface area contributed by atoms with Crippen molar-refractivity contribution in [3.8, 4) is 0 Å². The Morgan fingerprint density at radius 2 is 1.79 bits per heavy atom. The van der Waals surface area contributed by atoms with Gasteiger partial charge < -0.3 is 9.73 Å². The smallest absolute Gasteiger partial charge is 0.291 e. The summed E-state index contributed by atoms with van der Waals surface area (Å²) in [6, 6.07) is 16.5. The lowest BCUT2D eigenvalue weighted by Gasteiger charge is -2.31. The van der Waals surface area contributed by atoms with Gasteiger partial charge in [-0.1, -0.05) is 55.7 Å². The molecule has 0 atom stereocenters. The number of furan rings is 1. The van der Waals surface area contributed by atoms with Crippen molar-refractivity contribution in [3.63, 3.8) is 0 Å². The number of nitrogens with zero attached hydrogens (tertiary/aromatic N) is 1. The number of hydrogen-bond donors (Lipinski definition) is 1. The van der Waals surface area contributed by atoms with Gasteiger partial charge >= 0.3 is 0 Å². The Kier molecular flexibility index (Phi) is 5.49. The van der Waals surface area contributed by atoms with E-state index in [0.717, 1.165) is 34.3 Å². The quantitative estimate of drug-likeness (QED) is 0.616. The van der Waals surface area contributed by atoms with Crippen molar-refractivity contribution < 1.29 is 9.21 Å². The van der Waals surface area contributed by atoms with Crippen molar-refractivity contribution >= 4 is 22.6 Å². The van der Waals surface area contributed by atoms with Gasteiger partial charge in [-0.2, -0.15) is 0 Å². The Morgan fingerprint density at radius 3 is 2.57 bits per heavy atom. The van der Waals surface area contributed by atoms with Gasteiger partial charge in [0.05, 0.1) is 0 Å². The van der Waals surface area contributed by atoms with Crippen LogP contribution in [0.1, 0.15) is 53.8 Å². The maximum absolute atomic E-state index is 12.9. The number of rotatable bonds is 5. The predicted molar refractivity (Wildman–Crippen MR) is 114 cm³/mol. The molecule has 4 nitrogen and oxygen atoms in total. The molecule has 28 heavy (non-hydrogen) atoms. The summed E-state index contributed by atoms with van der Waals surface area (Å²) in [6.45, 7) is 2.77. The zero-order valence-corrected chi connectivity index (χ0v) is 16.7. The van der Waals surface area contributed by atoms with Crippen LogP contribution < -0.4 is 5.32 Å². The fourth-order valence-electron chi connectivity index (χ4n) is 4.27. The summed E-state index contributed by atoms with van der Waals surface area (Å²) in [4.78, 5) is 15.4. The zero-order chi connectivity index (χ0) is 19.5. The van der Waals surface area contributed by atoms with Crippen LogP contribution >= 0.6 is 0 Å². The topological polar surface area (TPSA) is 45.5 Å². The van der Waals surface area contributed by atoms with E-state index in [0.29, 0.717) is 11.8 Å². The third kappa shape index (κ3) is 3.83. The van der Waals surface area contributed by atoms with Crippen LogP contribution in [0.5, 0.6) is 0 Å². The zero-order valence-electron chi connectivity index (χ0n) is 16.7. The molecule has 0 bridgehead atoms. The van der Waals surface area contributed by atoms with Gasteiger partial charge in [-0.3, -0.25) is 9.69 Å². The first-order valence-electron chi connectivity index (χ1n) is 10.2. The van der Waals surface area contributed by atoms with E-state index in [4.69, 9.17) is 4.42 Å². The van der Waals surface area contributed by atoms with E-state index < -0.39 is 0 Å². The minimum absolute atomic E-state index is 0.193. The van der Waals surface area contributed by atoms with Crippen molar-refractivity contribution in [2.24, 2.45) is 0 Å². The molecule has 1 aliphatic rings. The van der Waals surface area contributed by atoms with Crippen molar-refractivity contribution in [2.45, 2.75) is 51.6 Å². The lowest BCUT2D eigenvalue weighted by molar-refractivity contribution is 0.0997. The summed E-state index contributed by atoms with van der Waals surface area (Å²) >= 11 is 0. The van der Waals surface area contributed by atoms with E-state index in [1.54, 1.807) is 0 Å². The average molecular weight is 377 g/mol. The third-order valence-corrected chi connectivity index (χ3v) is 5.93. The maximum atomic E-state index is 12.9. The van der Waals surface area contributed by atoms with Crippen molar-refractivity contribution in [1.29, 1.82) is 0 Å². The molecule has 146 valence electrons. The Bertz CT molecular complexity index is 970. The lowest BCUT2D eigenvalue weighted by atomic mass is 9.94. The van der Waals surface area contributed by atoms with Gasteiger partial charge in [-0.05, 0) is 44.5 Å². The van der Waals surface area contributed by atoms with Crippen LogP contribution in [-0.2, 0) is 6.54 Å². The fraction of sp³-hybridized carbons (Fsp3) is 0.375. The number of benzene rings is 2. The lowest BCUT2D eigenvalue weighted by Crippen LogP contribution is -2.33. The molecule has 4 rings (SSSR count). The molecular weight excluding hydrogens is 348 g/mol. The molecule has 0 spiro atoms. The first-order valence-corrected chi connectivity index (χ1v) is 10.2. The average Bonchev–Trinajstić information content (AvgIpc) is 3.07. The van der Waals surface area contributed by atoms with Crippen LogP contribution in [0.15, 0.2) is 52.9 Å². The summed E-state index contributed by atoms with van der Waals surface area (Å²) in [6.07, 6.45) is 6.53. The molecule has 1 saturated carbocycles. The molecule has 1 heterocycles. The second-order valence-electron chi connectivity index (χ2n) is 7.87. The summed E-state index contributed by atoms with van der Waals surface area (Å²) in [5.74, 6) is 0.193. The molecule has 1 amide bonds. The predicted octanol–water partition coefficient (Wildman–Crippen LogP) is 5.76. The molecule has 0 aliphatic heterocycles. The van der Waals surface area contributed by atoms with Crippen LogP contribution in [0.3, 0.4) is 0 Å². The minimum atomic E-state index is -0.193. The Balaban J connectivity index is 1.53. The van der Waals surface area contributed by atoms with Gasteiger partial charge in [-0.15, -0.1) is 0 Å². The summed E-state index contributed by atoms with van der Waals surface area (Å²) in [5.41, 5.74) is 3.62. The van der Waals surface area contributed by atoms with Gasteiger partial charge in [0, 0.05) is 29.2 Å². The van der Waals surface area contributed by atoms with Crippen LogP contribution in [0.25, 0.3) is 11.0 Å². The minimum Gasteiger partial charge on any atom is -0.451 e. The molecule has 4 heteroatoms. The number of carbonyl (C=O) groups is 1. The Labute approximate surface area is 166 Å². The van der Waals surface area contributed by atoms with E-state index in [1.807, 2.05) is 49.4 Å². The second-order valence-corrected chi connectivity index (χ2v) is 7.87. The number of hydrogen-bond acceptors (Lipinski definition) is 3. The molecule has 3 aromatic rings. The highest BCUT2D eigenvalue weighted by Gasteiger charge is 2.21. The SMILES string of the molecule is Cc1c(C(=O)Nc2ccccc2CN(C)C2CCCCC2)oc2ccccc12. The molecule has 1 N–H and O–H groups in total. The number of nitrogens with one attached hydrogen (secondary N) is 1. The van der Waals surface area contributed by atoms with E-state index in [9.17, 15) is 4.79 Å². The number of para-hydroxylation sites is 2. The van der Waals surface area contributed by atoms with Crippen LogP contribution in [0.4, 0.5) is 5.69 Å². The van der Waals surface area contributed by atoms with Gasteiger partial charge in [0.2, 0.25) is 0 Å². The van der Waals surface area contributed by atoms with Crippen molar-refractivity contribution in [2.75, 3.05) is 12.4 Å². The van der Waals surface area contributed by atoms with E-state index in [1.165, 1.54) is 32.1 Å². The number of aryl methyl sites for hydroxylation is 1. The normalized spacial score (nSPS) is 15.2. The summed E-state index contributed by atoms with van der Waals surface area (Å²) < 4.78 is 5.83. The van der Waals surface area contributed by atoms with E-state index in [-0.39, 0.29) is 5.91 Å². The molecule has 2 aromatic carbocycles. The molecule has 0 unspecified atom stereocenters. The first kappa shape index (κ1) is 18.8. The largest absolute Gasteiger partial charge is 0.451 e. The highest BCUT2D eigenvalue weighted by molar-refractivity contribution is 6.06. The maximum Gasteiger partial charge on any atom is 0.291 e. The van der Waals surface area contributed by atoms with Gasteiger partial charge in [0.25, 0.3) is 5.91 Å². The van der Waals surface area contributed by atoms with E-state index >= 15 is 0 Å². The summed E-state index contributed by atoms with van der Waals surface area (Å²) in [5, 5.41) is 4.06. The number of amides is 1. The molecule has 0 saturated heterocycles. The van der Waals surface area contributed by atoms with E-state index in [2.05, 4.69) is 23.3 Å². The molecule has 0 radical (unpaired) electrons. The Hall–Kier alpha value is -2.59. The third-order valence-electron chi connectivity index (χ3n) is 5.93. The van der Waals surface area contributed by atoms with Gasteiger partial charge in [0.15, 0.2) is 5.76 Å². The van der Waals surface area contributed by atoms with Gasteiger partial charge in [-0.25, -0.2) is 0 Å². The second kappa shape index (κ2) is 8.19. The van der Waals surface area contributed by atoms with Crippen LogP contribution in [-0.4, -0.2) is 23.9 Å². The van der Waals surface area contributed by atoms with Crippen LogP contribution in [0, 0.1) is 6.92 Å². The number of anilines is 1. The first-order chi connectivity index (χ1) is 13.6. The van der Waals surface area contributed by atoms with Gasteiger partial charge in [0.1, 0.15) is 5.58 Å². The molecule has 1 aromatic heterocycles. The fourth-order valence-corrected chi connectivity index (χ4v) is 4.27. The number of fused-ring (bicyclic) bond motifs is 1. The summed E-state index contributed by atoms with van der Waals surface area (Å²) in [7, 11) is 2.19.